The van der Waals surface area contributed by atoms with E-state index >= 15 is 0 Å². The Labute approximate surface area is 201 Å². The highest BCUT2D eigenvalue weighted by molar-refractivity contribution is 6.20. The van der Waals surface area contributed by atoms with E-state index in [1.165, 1.54) is 12.1 Å². The van der Waals surface area contributed by atoms with Gasteiger partial charge in [-0.1, -0.05) is 30.3 Å². The van der Waals surface area contributed by atoms with Gasteiger partial charge in [0, 0.05) is 41.1 Å². The molecule has 0 spiro atoms. The second-order valence-corrected chi connectivity index (χ2v) is 8.26. The molecule has 0 radical (unpaired) electrons. The fourth-order valence-electron chi connectivity index (χ4n) is 3.92. The first-order valence-electron chi connectivity index (χ1n) is 10.8. The van der Waals surface area contributed by atoms with Crippen molar-refractivity contribution in [3.8, 4) is 23.0 Å². The van der Waals surface area contributed by atoms with Crippen molar-refractivity contribution in [3.05, 3.63) is 93.2 Å². The van der Waals surface area contributed by atoms with E-state index in [9.17, 15) is 25.0 Å². The Bertz CT molecular complexity index is 1460. The number of non-ortho nitro benzene ring substituents is 1. The summed E-state index contributed by atoms with van der Waals surface area (Å²) in [7, 11) is 0. The summed E-state index contributed by atoms with van der Waals surface area (Å²) in [6.07, 6.45) is 3.29. The normalized spacial score (nSPS) is 15.2. The number of imide groups is 1. The number of hydrogen-bond acceptors (Lipinski definition) is 6. The molecule has 9 nitrogen and oxygen atoms in total. The van der Waals surface area contributed by atoms with Crippen molar-refractivity contribution in [2.75, 3.05) is 0 Å². The molecule has 0 atom stereocenters. The van der Waals surface area contributed by atoms with E-state index < -0.39 is 22.8 Å². The lowest BCUT2D eigenvalue weighted by molar-refractivity contribution is -0.384. The first kappa shape index (κ1) is 23.3. The average Bonchev–Trinajstić information content (AvgIpc) is 3.26. The molecule has 1 aliphatic heterocycles. The van der Waals surface area contributed by atoms with E-state index in [-0.39, 0.29) is 22.4 Å². The van der Waals surface area contributed by atoms with Crippen LogP contribution in [0.15, 0.2) is 77.5 Å². The summed E-state index contributed by atoms with van der Waals surface area (Å²) in [5.41, 5.74) is 2.43. The number of para-hydroxylation sites is 1. The van der Waals surface area contributed by atoms with Gasteiger partial charge in [0.1, 0.15) is 17.3 Å². The predicted molar refractivity (Wildman–Crippen MR) is 129 cm³/mol. The molecule has 0 saturated carbocycles. The third kappa shape index (κ3) is 4.25. The van der Waals surface area contributed by atoms with Crippen LogP contribution < -0.4 is 0 Å². The average molecular weight is 467 g/mol. The van der Waals surface area contributed by atoms with Crippen LogP contribution in [-0.2, 0) is 9.59 Å². The van der Waals surface area contributed by atoms with Gasteiger partial charge in [0.2, 0.25) is 0 Å². The fraction of sp³-hybridized carbons (Fsp3) is 0.154. The maximum absolute atomic E-state index is 13.3. The van der Waals surface area contributed by atoms with Crippen LogP contribution in [0.1, 0.15) is 26.3 Å². The molecule has 2 amide bonds. The largest absolute Gasteiger partial charge is 0.271 e. The van der Waals surface area contributed by atoms with Gasteiger partial charge >= 0.3 is 0 Å². The summed E-state index contributed by atoms with van der Waals surface area (Å²) in [4.78, 5) is 37.9. The summed E-state index contributed by atoms with van der Waals surface area (Å²) >= 11 is 0. The maximum atomic E-state index is 13.3. The maximum Gasteiger partial charge on any atom is 0.271 e. The highest BCUT2D eigenvalue weighted by atomic mass is 16.6. The van der Waals surface area contributed by atoms with Crippen LogP contribution in [0, 0.1) is 21.4 Å². The van der Waals surface area contributed by atoms with Gasteiger partial charge in [0.15, 0.2) is 0 Å². The molecule has 35 heavy (non-hydrogen) atoms. The van der Waals surface area contributed by atoms with Gasteiger partial charge in [-0.2, -0.15) is 10.4 Å². The van der Waals surface area contributed by atoms with E-state index in [4.69, 9.17) is 0 Å². The third-order valence-corrected chi connectivity index (χ3v) is 5.68. The van der Waals surface area contributed by atoms with Crippen LogP contribution in [-0.4, -0.2) is 37.5 Å². The molecule has 174 valence electrons. The van der Waals surface area contributed by atoms with Crippen molar-refractivity contribution in [1.29, 1.82) is 5.26 Å². The first-order chi connectivity index (χ1) is 16.7. The zero-order valence-electron chi connectivity index (χ0n) is 19.3. The van der Waals surface area contributed by atoms with E-state index in [0.29, 0.717) is 16.8 Å². The second kappa shape index (κ2) is 9.19. The molecule has 2 heterocycles. The lowest BCUT2D eigenvalue weighted by Crippen LogP contribution is -2.46. The molecule has 0 unspecified atom stereocenters. The number of rotatable bonds is 5. The Balaban J connectivity index is 1.96. The summed E-state index contributed by atoms with van der Waals surface area (Å²) in [5, 5.41) is 25.6. The molecular weight excluding hydrogens is 446 g/mol. The zero-order chi connectivity index (χ0) is 25.3. The minimum absolute atomic E-state index is 0.0940. The first-order valence-corrected chi connectivity index (χ1v) is 10.8. The smallest absolute Gasteiger partial charge is 0.271 e. The quantitative estimate of drug-likeness (QED) is 0.236. The summed E-state index contributed by atoms with van der Waals surface area (Å²) in [5.74, 6) is -1.14. The van der Waals surface area contributed by atoms with E-state index in [2.05, 4.69) is 5.10 Å². The van der Waals surface area contributed by atoms with Gasteiger partial charge in [0.05, 0.1) is 10.6 Å². The van der Waals surface area contributed by atoms with Gasteiger partial charge in [0.25, 0.3) is 17.5 Å². The fourth-order valence-corrected chi connectivity index (χ4v) is 3.92. The second-order valence-electron chi connectivity index (χ2n) is 8.26. The molecule has 0 fully saturated rings. The van der Waals surface area contributed by atoms with Gasteiger partial charge < -0.3 is 0 Å². The Morgan fingerprint density at radius 3 is 2.43 bits per heavy atom. The van der Waals surface area contributed by atoms with Crippen LogP contribution in [0.25, 0.3) is 23.0 Å². The monoisotopic (exact) mass is 467 g/mol. The number of carbonyl (C=O) groups is 2. The Hall–Kier alpha value is -4.84. The number of aromatic nitrogens is 2. The van der Waals surface area contributed by atoms with E-state index in [1.54, 1.807) is 49.9 Å². The topological polar surface area (TPSA) is 122 Å². The van der Waals surface area contributed by atoms with Crippen LogP contribution in [0.4, 0.5) is 5.69 Å². The van der Waals surface area contributed by atoms with E-state index in [1.807, 2.05) is 36.4 Å². The van der Waals surface area contributed by atoms with Gasteiger partial charge in [-0.15, -0.1) is 0 Å². The van der Waals surface area contributed by atoms with Crippen molar-refractivity contribution in [3.63, 3.8) is 0 Å². The minimum Gasteiger partial charge on any atom is -0.271 e. The molecule has 0 bridgehead atoms. The minimum atomic E-state index is -0.624. The Morgan fingerprint density at radius 1 is 1.09 bits per heavy atom. The molecule has 3 aromatic rings. The molecule has 0 N–H and O–H groups in total. The molecule has 1 aromatic heterocycles. The summed E-state index contributed by atoms with van der Waals surface area (Å²) in [6.45, 7) is 4.96. The number of benzene rings is 2. The Morgan fingerprint density at radius 2 is 1.80 bits per heavy atom. The summed E-state index contributed by atoms with van der Waals surface area (Å²) in [6, 6.07) is 16.8. The molecule has 0 saturated heterocycles. The highest BCUT2D eigenvalue weighted by Crippen LogP contribution is 2.32. The van der Waals surface area contributed by atoms with Crippen molar-refractivity contribution >= 4 is 23.6 Å². The van der Waals surface area contributed by atoms with Crippen molar-refractivity contribution in [2.24, 2.45) is 0 Å². The molecule has 4 rings (SSSR count). The molecular formula is C26H21N5O4. The predicted octanol–water partition coefficient (Wildman–Crippen LogP) is 4.45. The number of nitrogens with zero attached hydrogens (tertiary/aromatic N) is 5. The SMILES string of the molecule is CC1=C(C#N)C(=O)N(C(C)C)C(=O)/C1=C/c1cn(-c2ccccc2)nc1-c1cccc([N+](=O)[O-])c1. The van der Waals surface area contributed by atoms with Crippen molar-refractivity contribution < 1.29 is 14.5 Å². The zero-order valence-corrected chi connectivity index (χ0v) is 19.3. The third-order valence-electron chi connectivity index (χ3n) is 5.68. The lowest BCUT2D eigenvalue weighted by atomic mass is 9.92. The Kier molecular flexibility index (Phi) is 6.12. The van der Waals surface area contributed by atoms with Gasteiger partial charge in [-0.3, -0.25) is 24.6 Å². The molecule has 2 aromatic carbocycles. The van der Waals surface area contributed by atoms with Crippen molar-refractivity contribution in [2.45, 2.75) is 26.8 Å². The van der Waals surface area contributed by atoms with Crippen molar-refractivity contribution in [1.82, 2.24) is 14.7 Å². The number of nitro groups is 1. The standard InChI is InChI=1S/C26H21N5O4/c1-16(2)30-25(32)22(17(3)23(14-27)26(30)33)13-19-15-29(20-9-5-4-6-10-20)28-24(19)18-8-7-11-21(12-18)31(34)35/h4-13,15-16H,1-3H3/b22-13+. The van der Waals surface area contributed by atoms with Crippen LogP contribution in [0.5, 0.6) is 0 Å². The van der Waals surface area contributed by atoms with Crippen LogP contribution >= 0.6 is 0 Å². The number of nitriles is 1. The number of nitro benzene ring substituents is 1. The van der Waals surface area contributed by atoms with E-state index in [0.717, 1.165) is 10.6 Å². The molecule has 1 aliphatic rings. The van der Waals surface area contributed by atoms with Gasteiger partial charge in [-0.25, -0.2) is 4.68 Å². The highest BCUT2D eigenvalue weighted by Gasteiger charge is 2.37. The number of hydrogen-bond donors (Lipinski definition) is 0. The number of amides is 2. The molecule has 9 heteroatoms. The van der Waals surface area contributed by atoms with Crippen LogP contribution in [0.2, 0.25) is 0 Å². The molecule has 0 aliphatic carbocycles. The van der Waals surface area contributed by atoms with Gasteiger partial charge in [-0.05, 0) is 44.6 Å². The summed E-state index contributed by atoms with van der Waals surface area (Å²) < 4.78 is 1.61. The lowest BCUT2D eigenvalue weighted by Gasteiger charge is -2.30. The number of carbonyl (C=O) groups excluding carboxylic acids is 2. The van der Waals surface area contributed by atoms with Crippen LogP contribution in [0.3, 0.4) is 0 Å².